The number of amides is 1. The second kappa shape index (κ2) is 7.93. The predicted molar refractivity (Wildman–Crippen MR) is 92.6 cm³/mol. The van der Waals surface area contributed by atoms with Crippen LogP contribution in [0.25, 0.3) is 0 Å². The van der Waals surface area contributed by atoms with Gasteiger partial charge in [-0.15, -0.1) is 0 Å². The molecule has 5 heteroatoms. The molecule has 1 N–H and O–H groups in total. The van der Waals surface area contributed by atoms with Gasteiger partial charge in [0, 0.05) is 31.4 Å². The van der Waals surface area contributed by atoms with Gasteiger partial charge in [-0.3, -0.25) is 10.1 Å². The van der Waals surface area contributed by atoms with E-state index in [1.165, 1.54) is 0 Å². The molecule has 1 aliphatic rings. The van der Waals surface area contributed by atoms with Crippen molar-refractivity contribution in [1.29, 1.82) is 0 Å². The van der Waals surface area contributed by atoms with E-state index < -0.39 is 0 Å². The number of hydrogen-bond acceptors (Lipinski definition) is 4. The number of carbonyl (C=O) groups is 1. The normalized spacial score (nSPS) is 15.3. The van der Waals surface area contributed by atoms with Crippen molar-refractivity contribution in [3.05, 3.63) is 59.8 Å². The van der Waals surface area contributed by atoms with E-state index in [-0.39, 0.29) is 11.9 Å². The molecule has 1 amide bonds. The van der Waals surface area contributed by atoms with Crippen molar-refractivity contribution in [3.63, 3.8) is 0 Å². The third kappa shape index (κ3) is 3.74. The zero-order valence-corrected chi connectivity index (χ0v) is 13.9. The summed E-state index contributed by atoms with van der Waals surface area (Å²) in [7, 11) is 1.61. The molecule has 24 heavy (non-hydrogen) atoms. The number of carbonyl (C=O) groups excluding carboxylic acids is 1. The maximum atomic E-state index is 12.9. The van der Waals surface area contributed by atoms with E-state index >= 15 is 0 Å². The quantitative estimate of drug-likeness (QED) is 0.887. The molecule has 0 bridgehead atoms. The van der Waals surface area contributed by atoms with Crippen molar-refractivity contribution in [2.45, 2.75) is 25.4 Å². The number of pyridine rings is 1. The van der Waals surface area contributed by atoms with Crippen LogP contribution < -0.4 is 10.1 Å². The third-order valence-corrected chi connectivity index (χ3v) is 4.34. The molecule has 1 atom stereocenters. The first-order valence-corrected chi connectivity index (χ1v) is 8.34. The Balaban J connectivity index is 1.78. The Morgan fingerprint density at radius 2 is 1.96 bits per heavy atom. The number of nitrogens with zero attached hydrogens (tertiary/aromatic N) is 2. The molecule has 126 valence electrons. The largest absolute Gasteiger partial charge is 0.481 e. The summed E-state index contributed by atoms with van der Waals surface area (Å²) < 4.78 is 5.30. The maximum Gasteiger partial charge on any atom is 0.244 e. The number of likely N-dealkylation sites (tertiary alicyclic amines) is 1. The molecule has 0 spiro atoms. The molecule has 1 fully saturated rings. The lowest BCUT2D eigenvalue weighted by Gasteiger charge is -2.24. The van der Waals surface area contributed by atoms with E-state index in [2.05, 4.69) is 10.3 Å². The minimum atomic E-state index is -0.353. The van der Waals surface area contributed by atoms with Gasteiger partial charge in [0.2, 0.25) is 11.8 Å². The smallest absolute Gasteiger partial charge is 0.244 e. The molecular formula is C19H23N3O2. The van der Waals surface area contributed by atoms with Gasteiger partial charge in [0.15, 0.2) is 0 Å². The van der Waals surface area contributed by atoms with Gasteiger partial charge in [-0.05, 0) is 24.5 Å². The summed E-state index contributed by atoms with van der Waals surface area (Å²) in [6.07, 6.45) is 3.87. The van der Waals surface area contributed by atoms with E-state index in [9.17, 15) is 4.79 Å². The lowest BCUT2D eigenvalue weighted by Crippen LogP contribution is -2.39. The third-order valence-electron chi connectivity index (χ3n) is 4.34. The van der Waals surface area contributed by atoms with Gasteiger partial charge in [0.1, 0.15) is 6.04 Å². The highest BCUT2D eigenvalue weighted by atomic mass is 16.5. The van der Waals surface area contributed by atoms with Crippen molar-refractivity contribution >= 4 is 5.91 Å². The molecule has 1 aromatic heterocycles. The minimum Gasteiger partial charge on any atom is -0.481 e. The Hall–Kier alpha value is -2.40. The predicted octanol–water partition coefficient (Wildman–Crippen LogP) is 2.54. The van der Waals surface area contributed by atoms with E-state index in [4.69, 9.17) is 4.74 Å². The summed E-state index contributed by atoms with van der Waals surface area (Å²) in [6.45, 7) is 2.22. The number of hydrogen-bond donors (Lipinski definition) is 1. The number of benzene rings is 1. The molecule has 2 heterocycles. The Morgan fingerprint density at radius 1 is 1.21 bits per heavy atom. The van der Waals surface area contributed by atoms with Crippen molar-refractivity contribution < 1.29 is 9.53 Å². The maximum absolute atomic E-state index is 12.9. The van der Waals surface area contributed by atoms with E-state index in [1.807, 2.05) is 47.4 Å². The van der Waals surface area contributed by atoms with Crippen LogP contribution in [0.5, 0.6) is 5.88 Å². The average Bonchev–Trinajstić information content (AvgIpc) is 3.17. The lowest BCUT2D eigenvalue weighted by molar-refractivity contribution is -0.132. The molecule has 0 unspecified atom stereocenters. The average molecular weight is 325 g/mol. The van der Waals surface area contributed by atoms with Gasteiger partial charge in [0.05, 0.1) is 7.11 Å². The van der Waals surface area contributed by atoms with Crippen LogP contribution >= 0.6 is 0 Å². The first kappa shape index (κ1) is 16.5. The van der Waals surface area contributed by atoms with Crippen LogP contribution in [0, 0.1) is 0 Å². The molecule has 3 rings (SSSR count). The van der Waals surface area contributed by atoms with Gasteiger partial charge >= 0.3 is 0 Å². The molecule has 1 saturated heterocycles. The molecule has 0 saturated carbocycles. The molecule has 5 nitrogen and oxygen atoms in total. The Bertz CT molecular complexity index is 669. The summed E-state index contributed by atoms with van der Waals surface area (Å²) in [5, 5.41) is 3.39. The van der Waals surface area contributed by atoms with Gasteiger partial charge < -0.3 is 9.64 Å². The highest BCUT2D eigenvalue weighted by Crippen LogP contribution is 2.21. The van der Waals surface area contributed by atoms with Gasteiger partial charge in [0.25, 0.3) is 0 Å². The highest BCUT2D eigenvalue weighted by Gasteiger charge is 2.27. The van der Waals surface area contributed by atoms with E-state index in [1.54, 1.807) is 13.3 Å². The molecule has 1 aliphatic heterocycles. The minimum absolute atomic E-state index is 0.140. The fourth-order valence-corrected chi connectivity index (χ4v) is 3.07. The van der Waals surface area contributed by atoms with Crippen LogP contribution in [0.2, 0.25) is 0 Å². The fraction of sp³-hybridized carbons (Fsp3) is 0.368. The Labute approximate surface area is 142 Å². The molecule has 2 aromatic rings. The van der Waals surface area contributed by atoms with Crippen LogP contribution in [0.4, 0.5) is 0 Å². The SMILES string of the molecule is COc1ncccc1CN[C@H](C(=O)N1CCCC1)c1ccccc1. The van der Waals surface area contributed by atoms with Crippen LogP contribution in [0.1, 0.15) is 30.0 Å². The number of methoxy groups -OCH3 is 1. The van der Waals surface area contributed by atoms with Crippen LogP contribution in [0.15, 0.2) is 48.7 Å². The second-order valence-electron chi connectivity index (χ2n) is 5.93. The topological polar surface area (TPSA) is 54.5 Å². The fourth-order valence-electron chi connectivity index (χ4n) is 3.07. The van der Waals surface area contributed by atoms with Crippen molar-refractivity contribution in [2.24, 2.45) is 0 Å². The number of aromatic nitrogens is 1. The Kier molecular flexibility index (Phi) is 5.43. The number of ether oxygens (including phenoxy) is 1. The lowest BCUT2D eigenvalue weighted by atomic mass is 10.1. The summed E-state index contributed by atoms with van der Waals surface area (Å²) in [4.78, 5) is 19.1. The van der Waals surface area contributed by atoms with Crippen molar-refractivity contribution in [2.75, 3.05) is 20.2 Å². The molecular weight excluding hydrogens is 302 g/mol. The molecule has 0 aliphatic carbocycles. The van der Waals surface area contributed by atoms with E-state index in [0.717, 1.165) is 37.1 Å². The van der Waals surface area contributed by atoms with E-state index in [0.29, 0.717) is 12.4 Å². The summed E-state index contributed by atoms with van der Waals surface area (Å²) in [5.74, 6) is 0.729. The van der Waals surface area contributed by atoms with Gasteiger partial charge in [-0.25, -0.2) is 4.98 Å². The second-order valence-corrected chi connectivity index (χ2v) is 5.93. The standard InChI is InChI=1S/C19H23N3O2/c1-24-18-16(10-7-11-20-18)14-21-17(15-8-3-2-4-9-15)19(23)22-12-5-6-13-22/h2-4,7-11,17,21H,5-6,12-14H2,1H3/t17-/m0/s1. The van der Waals surface area contributed by atoms with Crippen LogP contribution in [-0.4, -0.2) is 36.0 Å². The van der Waals surface area contributed by atoms with Crippen LogP contribution in [0.3, 0.4) is 0 Å². The zero-order chi connectivity index (χ0) is 16.8. The first-order valence-electron chi connectivity index (χ1n) is 8.34. The summed E-state index contributed by atoms with van der Waals surface area (Å²) in [5.41, 5.74) is 1.92. The summed E-state index contributed by atoms with van der Waals surface area (Å²) in [6, 6.07) is 13.4. The Morgan fingerprint density at radius 3 is 2.67 bits per heavy atom. The zero-order valence-electron chi connectivity index (χ0n) is 13.9. The molecule has 0 radical (unpaired) electrons. The molecule has 1 aromatic carbocycles. The van der Waals surface area contributed by atoms with Crippen molar-refractivity contribution in [3.8, 4) is 5.88 Å². The summed E-state index contributed by atoms with van der Waals surface area (Å²) >= 11 is 0. The van der Waals surface area contributed by atoms with Gasteiger partial charge in [-0.1, -0.05) is 36.4 Å². The number of rotatable bonds is 6. The highest BCUT2D eigenvalue weighted by molar-refractivity contribution is 5.83. The first-order chi connectivity index (χ1) is 11.8. The monoisotopic (exact) mass is 325 g/mol. The number of nitrogens with one attached hydrogen (secondary N) is 1. The van der Waals surface area contributed by atoms with Crippen LogP contribution in [-0.2, 0) is 11.3 Å². The van der Waals surface area contributed by atoms with Gasteiger partial charge in [-0.2, -0.15) is 0 Å². The van der Waals surface area contributed by atoms with Crippen molar-refractivity contribution in [1.82, 2.24) is 15.2 Å².